The van der Waals surface area contributed by atoms with Crippen molar-refractivity contribution in [1.82, 2.24) is 0 Å². The van der Waals surface area contributed by atoms with E-state index in [4.69, 9.17) is 4.52 Å². The van der Waals surface area contributed by atoms with Crippen LogP contribution in [0.2, 0.25) is 0 Å². The summed E-state index contributed by atoms with van der Waals surface area (Å²) >= 11 is 0. The summed E-state index contributed by atoms with van der Waals surface area (Å²) in [5, 5.41) is 0. The van der Waals surface area contributed by atoms with Crippen LogP contribution in [-0.2, 0) is 9.09 Å². The molecule has 1 N–H and O–H groups in total. The zero-order valence-electron chi connectivity index (χ0n) is 7.98. The van der Waals surface area contributed by atoms with Gasteiger partial charge in [0.05, 0.1) is 12.3 Å². The summed E-state index contributed by atoms with van der Waals surface area (Å²) in [5.74, 6) is 0. The van der Waals surface area contributed by atoms with E-state index in [1.165, 1.54) is 6.08 Å². The van der Waals surface area contributed by atoms with E-state index in [2.05, 4.69) is 13.2 Å². The van der Waals surface area contributed by atoms with E-state index in [0.29, 0.717) is 6.42 Å². The third kappa shape index (κ3) is 5.81. The lowest BCUT2D eigenvalue weighted by molar-refractivity contribution is 0.204. The number of rotatable bonds is 7. The molecule has 76 valence electrons. The molecule has 0 fully saturated rings. The summed E-state index contributed by atoms with van der Waals surface area (Å²) in [6.07, 6.45) is 4.19. The highest BCUT2D eigenvalue weighted by atomic mass is 31.2. The van der Waals surface area contributed by atoms with Crippen molar-refractivity contribution in [3.8, 4) is 0 Å². The predicted molar refractivity (Wildman–Crippen MR) is 54.9 cm³/mol. The van der Waals surface area contributed by atoms with Crippen molar-refractivity contribution < 1.29 is 14.0 Å². The fourth-order valence-electron chi connectivity index (χ4n) is 0.916. The molecule has 0 spiro atoms. The monoisotopic (exact) mass is 204 g/mol. The number of hydrogen-bond donors (Lipinski definition) is 1. The summed E-state index contributed by atoms with van der Waals surface area (Å²) in [4.78, 5) is 9.26. The van der Waals surface area contributed by atoms with Crippen molar-refractivity contribution in [2.45, 2.75) is 25.9 Å². The Labute approximate surface area is 79.7 Å². The molecule has 0 rings (SSSR count). The van der Waals surface area contributed by atoms with E-state index in [1.807, 2.05) is 6.92 Å². The molecule has 2 unspecified atom stereocenters. The molecule has 0 amide bonds. The summed E-state index contributed by atoms with van der Waals surface area (Å²) in [6.45, 7) is 8.91. The average molecular weight is 204 g/mol. The van der Waals surface area contributed by atoms with Gasteiger partial charge in [0.15, 0.2) is 0 Å². The van der Waals surface area contributed by atoms with Crippen LogP contribution in [0.5, 0.6) is 0 Å². The fraction of sp³-hybridized carbons (Fsp3) is 0.556. The molecular weight excluding hydrogens is 187 g/mol. The maximum Gasteiger partial charge on any atom is 0.332 e. The van der Waals surface area contributed by atoms with Crippen molar-refractivity contribution >= 4 is 7.60 Å². The summed E-state index contributed by atoms with van der Waals surface area (Å²) in [7, 11) is -3.48. The van der Waals surface area contributed by atoms with E-state index in [9.17, 15) is 9.46 Å². The highest BCUT2D eigenvalue weighted by molar-refractivity contribution is 7.53. The molecule has 0 aromatic carbocycles. The van der Waals surface area contributed by atoms with Gasteiger partial charge >= 0.3 is 7.60 Å². The van der Waals surface area contributed by atoms with Gasteiger partial charge in [-0.15, -0.1) is 13.2 Å². The molecule has 0 aromatic rings. The second-order valence-electron chi connectivity index (χ2n) is 2.78. The van der Waals surface area contributed by atoms with E-state index in [1.54, 1.807) is 6.08 Å². The first kappa shape index (κ1) is 12.6. The van der Waals surface area contributed by atoms with Crippen molar-refractivity contribution in [3.63, 3.8) is 0 Å². The van der Waals surface area contributed by atoms with Gasteiger partial charge in [-0.05, 0) is 6.42 Å². The van der Waals surface area contributed by atoms with Gasteiger partial charge in [-0.2, -0.15) is 0 Å². The van der Waals surface area contributed by atoms with Crippen LogP contribution in [0.4, 0.5) is 0 Å². The largest absolute Gasteiger partial charge is 0.332 e. The van der Waals surface area contributed by atoms with E-state index < -0.39 is 7.60 Å². The maximum atomic E-state index is 11.3. The standard InChI is InChI=1S/C9H17O3P/c1-4-7-9(6-3)12-13(10,11)8-5-2/h5-6,9H,2-4,7-8H2,1H3,(H,10,11). The summed E-state index contributed by atoms with van der Waals surface area (Å²) in [5.41, 5.74) is 0. The van der Waals surface area contributed by atoms with Crippen LogP contribution >= 0.6 is 7.60 Å². The molecule has 13 heavy (non-hydrogen) atoms. The molecular formula is C9H17O3P. The Kier molecular flexibility index (Phi) is 5.97. The average Bonchev–Trinajstić information content (AvgIpc) is 2.03. The second-order valence-corrected chi connectivity index (χ2v) is 4.63. The van der Waals surface area contributed by atoms with Gasteiger partial charge in [-0.3, -0.25) is 4.57 Å². The van der Waals surface area contributed by atoms with Gasteiger partial charge in [0.25, 0.3) is 0 Å². The van der Waals surface area contributed by atoms with Crippen LogP contribution < -0.4 is 0 Å². The molecule has 4 heteroatoms. The molecule has 0 heterocycles. The lowest BCUT2D eigenvalue weighted by atomic mass is 10.2. The van der Waals surface area contributed by atoms with Gasteiger partial charge in [0.1, 0.15) is 0 Å². The van der Waals surface area contributed by atoms with Crippen molar-refractivity contribution in [3.05, 3.63) is 25.3 Å². The van der Waals surface area contributed by atoms with Gasteiger partial charge < -0.3 is 9.42 Å². The first-order valence-corrected chi connectivity index (χ1v) is 6.05. The smallest absolute Gasteiger partial charge is 0.324 e. The minimum Gasteiger partial charge on any atom is -0.324 e. The molecule has 2 atom stereocenters. The van der Waals surface area contributed by atoms with E-state index in [0.717, 1.165) is 6.42 Å². The van der Waals surface area contributed by atoms with Crippen LogP contribution in [0.25, 0.3) is 0 Å². The third-order valence-electron chi connectivity index (χ3n) is 1.50. The number of hydrogen-bond acceptors (Lipinski definition) is 2. The van der Waals surface area contributed by atoms with Crippen LogP contribution in [0.15, 0.2) is 25.3 Å². The summed E-state index contributed by atoms with van der Waals surface area (Å²) < 4.78 is 16.3. The molecule has 0 saturated carbocycles. The van der Waals surface area contributed by atoms with Crippen LogP contribution in [0.3, 0.4) is 0 Å². The molecule has 0 aromatic heterocycles. The topological polar surface area (TPSA) is 46.5 Å². The molecule has 0 bridgehead atoms. The minimum absolute atomic E-state index is 0.0128. The van der Waals surface area contributed by atoms with Gasteiger partial charge in [0, 0.05) is 0 Å². The van der Waals surface area contributed by atoms with Crippen LogP contribution in [0, 0.1) is 0 Å². The Balaban J connectivity index is 4.12. The SMILES string of the molecule is C=CCP(=O)(O)OC(C=C)CCC. The zero-order chi connectivity index (χ0) is 10.3. The minimum atomic E-state index is -3.48. The molecule has 0 aliphatic rings. The first-order valence-electron chi connectivity index (χ1n) is 4.29. The normalized spacial score (nSPS) is 17.4. The predicted octanol–water partition coefficient (Wildman–Crippen LogP) is 2.73. The molecule has 0 radical (unpaired) electrons. The highest BCUT2D eigenvalue weighted by Gasteiger charge is 2.20. The van der Waals surface area contributed by atoms with E-state index >= 15 is 0 Å². The Bertz CT molecular complexity index is 213. The number of allylic oxidation sites excluding steroid dienone is 1. The Hall–Kier alpha value is -0.370. The van der Waals surface area contributed by atoms with Gasteiger partial charge in [0.2, 0.25) is 0 Å². The van der Waals surface area contributed by atoms with Crippen molar-refractivity contribution in [1.29, 1.82) is 0 Å². The maximum absolute atomic E-state index is 11.3. The molecule has 0 aliphatic heterocycles. The first-order chi connectivity index (χ1) is 6.05. The molecule has 0 aliphatic carbocycles. The van der Waals surface area contributed by atoms with Crippen molar-refractivity contribution in [2.75, 3.05) is 6.16 Å². The van der Waals surface area contributed by atoms with Crippen LogP contribution in [0.1, 0.15) is 19.8 Å². The van der Waals surface area contributed by atoms with E-state index in [-0.39, 0.29) is 12.3 Å². The fourth-order valence-corrected chi connectivity index (χ4v) is 1.94. The highest BCUT2D eigenvalue weighted by Crippen LogP contribution is 2.43. The Morgan fingerprint density at radius 3 is 2.62 bits per heavy atom. The second kappa shape index (κ2) is 6.14. The Morgan fingerprint density at radius 2 is 2.23 bits per heavy atom. The third-order valence-corrected chi connectivity index (χ3v) is 2.82. The zero-order valence-corrected chi connectivity index (χ0v) is 8.87. The lowest BCUT2D eigenvalue weighted by Crippen LogP contribution is -2.08. The molecule has 0 saturated heterocycles. The molecule has 3 nitrogen and oxygen atoms in total. The Morgan fingerprint density at radius 1 is 1.62 bits per heavy atom. The van der Waals surface area contributed by atoms with Crippen molar-refractivity contribution in [2.24, 2.45) is 0 Å². The van der Waals surface area contributed by atoms with Gasteiger partial charge in [-0.1, -0.05) is 25.5 Å². The quantitative estimate of drug-likeness (QED) is 0.512. The van der Waals surface area contributed by atoms with Crippen LogP contribution in [-0.4, -0.2) is 17.2 Å². The lowest BCUT2D eigenvalue weighted by Gasteiger charge is -2.16. The summed E-state index contributed by atoms with van der Waals surface area (Å²) in [6, 6.07) is 0. The van der Waals surface area contributed by atoms with Gasteiger partial charge in [-0.25, -0.2) is 0 Å².